The largest absolute Gasteiger partial charge is 0.494 e. The number of ether oxygens (including phenoxy) is 3. The molecule has 0 amide bonds. The van der Waals surface area contributed by atoms with Gasteiger partial charge in [-0.2, -0.15) is 0 Å². The van der Waals surface area contributed by atoms with Crippen LogP contribution in [0.25, 0.3) is 0 Å². The maximum Gasteiger partial charge on any atom is 0.343 e. The van der Waals surface area contributed by atoms with E-state index < -0.39 is 5.97 Å². The molecule has 0 bridgehead atoms. The first-order chi connectivity index (χ1) is 16.0. The summed E-state index contributed by atoms with van der Waals surface area (Å²) in [5, 5.41) is 0. The van der Waals surface area contributed by atoms with Crippen molar-refractivity contribution in [3.8, 4) is 17.2 Å². The monoisotopic (exact) mass is 428 g/mol. The molecular formula is C27H38O4. The molecule has 2 aromatic rings. The minimum absolute atomic E-state index is 0.0170. The second kappa shape index (κ2) is 15.3. The number of carbonyl (C=O) groups excluding carboxylic acids is 1. The maximum absolute atomic E-state index is 12.5. The molecule has 0 aliphatic rings. The summed E-state index contributed by atoms with van der Waals surface area (Å²) in [4.78, 5) is 12.5. The summed E-state index contributed by atoms with van der Waals surface area (Å²) in [5.74, 6) is 0.731. The molecule has 0 radical (unpaired) electrons. The smallest absolute Gasteiger partial charge is 0.343 e. The number of unbranched alkanes of at least 4 members (excludes halogenated alkanes) is 8. The zero-order valence-corrected chi connectivity index (χ0v) is 19.1. The number of esters is 1. The Balaban J connectivity index is 1.81. The van der Waals surface area contributed by atoms with Crippen LogP contribution in [0.15, 0.2) is 48.5 Å². The molecule has 0 fully saturated rings. The number of hydrogen-bond acceptors (Lipinski definition) is 4. The van der Waals surface area contributed by atoms with E-state index in [-0.39, 0.29) is 23.4 Å². The van der Waals surface area contributed by atoms with Crippen LogP contribution in [0.4, 0.5) is 0 Å². The minimum atomic E-state index is -0.604. The van der Waals surface area contributed by atoms with Crippen molar-refractivity contribution in [3.63, 3.8) is 0 Å². The Morgan fingerprint density at radius 2 is 1.16 bits per heavy atom. The molecule has 4 nitrogen and oxygen atoms in total. The van der Waals surface area contributed by atoms with Crippen LogP contribution in [0.1, 0.15) is 91.2 Å². The second-order valence-electron chi connectivity index (χ2n) is 7.75. The molecule has 0 saturated carbocycles. The second-order valence-corrected chi connectivity index (χ2v) is 7.75. The van der Waals surface area contributed by atoms with Crippen LogP contribution in [0.2, 0.25) is 0 Å². The van der Waals surface area contributed by atoms with Gasteiger partial charge in [-0.3, -0.25) is 0 Å². The lowest BCUT2D eigenvalue weighted by Gasteiger charge is -2.09. The van der Waals surface area contributed by atoms with Gasteiger partial charge in [0.05, 0.1) is 21.5 Å². The Kier molecular flexibility index (Phi) is 10.7. The molecule has 0 heterocycles. The standard InChI is InChI=1S/C27H38O4/c1-3-5-7-9-10-12-22-30-25-17-19-26(20-18-25)31-27(28)23-13-15-24(16-14-23)29-21-11-8-6-4-2/h13-20H,3-12,21-22H2,1-2H3/i15D,16D. The zero-order chi connectivity index (χ0) is 23.9. The van der Waals surface area contributed by atoms with Gasteiger partial charge in [-0.25, -0.2) is 4.79 Å². The Hall–Kier alpha value is -2.49. The topological polar surface area (TPSA) is 44.8 Å². The van der Waals surface area contributed by atoms with Crippen LogP contribution in [0, 0.1) is 0 Å². The van der Waals surface area contributed by atoms with Gasteiger partial charge in [-0.15, -0.1) is 0 Å². The highest BCUT2D eigenvalue weighted by atomic mass is 16.5. The van der Waals surface area contributed by atoms with Crippen molar-refractivity contribution in [1.82, 2.24) is 0 Å². The van der Waals surface area contributed by atoms with E-state index in [0.717, 1.165) is 37.9 Å². The average molecular weight is 429 g/mol. The van der Waals surface area contributed by atoms with Crippen LogP contribution in [-0.2, 0) is 0 Å². The Labute approximate surface area is 190 Å². The summed E-state index contributed by atoms with van der Waals surface area (Å²) in [7, 11) is 0. The van der Waals surface area contributed by atoms with Crippen LogP contribution in [-0.4, -0.2) is 19.2 Å². The summed E-state index contributed by atoms with van der Waals surface area (Å²) in [5.41, 5.74) is 0.159. The summed E-state index contributed by atoms with van der Waals surface area (Å²) < 4.78 is 33.0. The van der Waals surface area contributed by atoms with E-state index in [1.807, 2.05) is 0 Å². The molecule has 4 heteroatoms. The number of rotatable bonds is 16. The Bertz CT molecular complexity index is 814. The molecule has 170 valence electrons. The quantitative estimate of drug-likeness (QED) is 0.157. The molecule has 0 saturated heterocycles. The van der Waals surface area contributed by atoms with Crippen LogP contribution >= 0.6 is 0 Å². The molecule has 2 rings (SSSR count). The van der Waals surface area contributed by atoms with Crippen molar-refractivity contribution < 1.29 is 21.7 Å². The molecule has 0 atom stereocenters. The molecular weight excluding hydrogens is 388 g/mol. The molecule has 0 spiro atoms. The first-order valence-corrected chi connectivity index (χ1v) is 11.7. The van der Waals surface area contributed by atoms with Gasteiger partial charge in [-0.1, -0.05) is 65.2 Å². The highest BCUT2D eigenvalue weighted by Gasteiger charge is 2.09. The van der Waals surface area contributed by atoms with Gasteiger partial charge >= 0.3 is 5.97 Å². The fraction of sp³-hybridized carbons (Fsp3) is 0.519. The maximum atomic E-state index is 12.5. The van der Waals surface area contributed by atoms with E-state index in [9.17, 15) is 4.79 Å². The minimum Gasteiger partial charge on any atom is -0.494 e. The van der Waals surface area contributed by atoms with Gasteiger partial charge in [0.2, 0.25) is 0 Å². The highest BCUT2D eigenvalue weighted by Crippen LogP contribution is 2.20. The van der Waals surface area contributed by atoms with Crippen molar-refractivity contribution >= 4 is 5.97 Å². The van der Waals surface area contributed by atoms with Crippen molar-refractivity contribution in [3.05, 3.63) is 54.0 Å². The van der Waals surface area contributed by atoms with Crippen molar-refractivity contribution in [1.29, 1.82) is 0 Å². The fourth-order valence-electron chi connectivity index (χ4n) is 3.12. The Morgan fingerprint density at radius 1 is 0.677 bits per heavy atom. The highest BCUT2D eigenvalue weighted by molar-refractivity contribution is 5.91. The van der Waals surface area contributed by atoms with Gasteiger partial charge in [0.25, 0.3) is 0 Å². The molecule has 0 aromatic heterocycles. The fourth-order valence-corrected chi connectivity index (χ4v) is 3.12. The van der Waals surface area contributed by atoms with Crippen molar-refractivity contribution in [2.75, 3.05) is 13.2 Å². The number of carbonyl (C=O) groups is 1. The van der Waals surface area contributed by atoms with E-state index >= 15 is 0 Å². The van der Waals surface area contributed by atoms with E-state index in [4.69, 9.17) is 17.0 Å². The summed E-state index contributed by atoms with van der Waals surface area (Å²) >= 11 is 0. The summed E-state index contributed by atoms with van der Waals surface area (Å²) in [6, 6.07) is 9.74. The molecule has 0 unspecified atom stereocenters. The van der Waals surface area contributed by atoms with Crippen LogP contribution < -0.4 is 14.2 Å². The third-order valence-electron chi connectivity index (χ3n) is 5.00. The first-order valence-electron chi connectivity index (χ1n) is 12.7. The first kappa shape index (κ1) is 21.7. The molecule has 31 heavy (non-hydrogen) atoms. The van der Waals surface area contributed by atoms with Gasteiger partial charge < -0.3 is 14.2 Å². The number of hydrogen-bond donors (Lipinski definition) is 0. The van der Waals surface area contributed by atoms with E-state index in [1.165, 1.54) is 44.2 Å². The van der Waals surface area contributed by atoms with Gasteiger partial charge in [0.15, 0.2) is 0 Å². The molecule has 2 aromatic carbocycles. The molecule has 0 aliphatic heterocycles. The third-order valence-corrected chi connectivity index (χ3v) is 5.00. The van der Waals surface area contributed by atoms with Gasteiger partial charge in [-0.05, 0) is 61.3 Å². The Morgan fingerprint density at radius 3 is 1.77 bits per heavy atom. The lowest BCUT2D eigenvalue weighted by Crippen LogP contribution is -2.08. The third kappa shape index (κ3) is 10.4. The van der Waals surface area contributed by atoms with Crippen LogP contribution in [0.5, 0.6) is 17.2 Å². The predicted molar refractivity (Wildman–Crippen MR) is 126 cm³/mol. The molecule has 0 aliphatic carbocycles. The van der Waals surface area contributed by atoms with E-state index in [0.29, 0.717) is 19.0 Å². The van der Waals surface area contributed by atoms with E-state index in [1.54, 1.807) is 24.3 Å². The van der Waals surface area contributed by atoms with Crippen LogP contribution in [0.3, 0.4) is 0 Å². The number of benzene rings is 2. The van der Waals surface area contributed by atoms with Crippen molar-refractivity contribution in [2.24, 2.45) is 0 Å². The molecule has 0 N–H and O–H groups in total. The lowest BCUT2D eigenvalue weighted by molar-refractivity contribution is 0.0734. The average Bonchev–Trinajstić information content (AvgIpc) is 2.80. The predicted octanol–water partition coefficient (Wildman–Crippen LogP) is 7.60. The van der Waals surface area contributed by atoms with Gasteiger partial charge in [0, 0.05) is 0 Å². The zero-order valence-electron chi connectivity index (χ0n) is 21.1. The SMILES string of the molecule is [2H]c1cc(C(=O)Oc2ccc(OCCCCCCCC)cc2)cc([2H])c1OCCCCCC. The lowest BCUT2D eigenvalue weighted by atomic mass is 10.1. The summed E-state index contributed by atoms with van der Waals surface area (Å²) in [6.07, 6.45) is 11.5. The van der Waals surface area contributed by atoms with E-state index in [2.05, 4.69) is 13.8 Å². The normalized spacial score (nSPS) is 11.5. The van der Waals surface area contributed by atoms with Gasteiger partial charge in [0.1, 0.15) is 17.2 Å². The van der Waals surface area contributed by atoms with Crippen molar-refractivity contribution in [2.45, 2.75) is 78.1 Å². The summed E-state index contributed by atoms with van der Waals surface area (Å²) in [6.45, 7) is 5.50.